The third kappa shape index (κ3) is 2.42. The van der Waals surface area contributed by atoms with Gasteiger partial charge in [-0.15, -0.1) is 0 Å². The Morgan fingerprint density at radius 1 is 1.44 bits per heavy atom. The van der Waals surface area contributed by atoms with E-state index in [9.17, 15) is 4.79 Å². The first-order valence-corrected chi connectivity index (χ1v) is 5.37. The highest BCUT2D eigenvalue weighted by Gasteiger charge is 2.12. The number of amides is 1. The van der Waals surface area contributed by atoms with Crippen LogP contribution in [0, 0.1) is 6.92 Å². The maximum Gasteiger partial charge on any atom is 0.259 e. The molecule has 0 atom stereocenters. The molecule has 0 radical (unpaired) electrons. The Bertz CT molecular complexity index is 577. The fourth-order valence-corrected chi connectivity index (χ4v) is 1.52. The number of carbonyl (C=O) groups excluding carboxylic acids is 1. The molecule has 0 aliphatic rings. The molecule has 0 aliphatic carbocycles. The van der Waals surface area contributed by atoms with Gasteiger partial charge >= 0.3 is 0 Å². The van der Waals surface area contributed by atoms with Crippen LogP contribution < -0.4 is 15.8 Å². The molecule has 94 valence electrons. The van der Waals surface area contributed by atoms with Gasteiger partial charge in [0.15, 0.2) is 5.82 Å². The van der Waals surface area contributed by atoms with E-state index < -0.39 is 0 Å². The van der Waals surface area contributed by atoms with Gasteiger partial charge in [-0.2, -0.15) is 5.10 Å². The summed E-state index contributed by atoms with van der Waals surface area (Å²) in [5.74, 6) is 0.713. The molecule has 0 saturated carbocycles. The van der Waals surface area contributed by atoms with Gasteiger partial charge in [0.05, 0.1) is 12.7 Å². The Kier molecular flexibility index (Phi) is 3.18. The summed E-state index contributed by atoms with van der Waals surface area (Å²) in [6, 6.07) is 6.65. The van der Waals surface area contributed by atoms with E-state index in [1.54, 1.807) is 24.3 Å². The first-order chi connectivity index (χ1) is 8.60. The van der Waals surface area contributed by atoms with Gasteiger partial charge in [0.2, 0.25) is 0 Å². The van der Waals surface area contributed by atoms with E-state index >= 15 is 0 Å². The highest BCUT2D eigenvalue weighted by Crippen LogP contribution is 2.20. The van der Waals surface area contributed by atoms with Crippen LogP contribution in [0.15, 0.2) is 24.3 Å². The SMILES string of the molecule is COc1ccc(N)c(C(=O)Nc2cc(C)[nH]n2)c1. The van der Waals surface area contributed by atoms with Crippen molar-refractivity contribution in [3.8, 4) is 5.75 Å². The first-order valence-electron chi connectivity index (χ1n) is 5.37. The summed E-state index contributed by atoms with van der Waals surface area (Å²) >= 11 is 0. The van der Waals surface area contributed by atoms with Crippen molar-refractivity contribution in [3.63, 3.8) is 0 Å². The maximum atomic E-state index is 12.0. The average Bonchev–Trinajstić information content (AvgIpc) is 2.75. The van der Waals surface area contributed by atoms with Crippen molar-refractivity contribution in [2.45, 2.75) is 6.92 Å². The number of methoxy groups -OCH3 is 1. The number of H-pyrrole nitrogens is 1. The third-order valence-corrected chi connectivity index (χ3v) is 2.45. The molecule has 0 bridgehead atoms. The number of nitrogens with zero attached hydrogens (tertiary/aromatic N) is 1. The fourth-order valence-electron chi connectivity index (χ4n) is 1.52. The summed E-state index contributed by atoms with van der Waals surface area (Å²) in [5.41, 5.74) is 7.37. The van der Waals surface area contributed by atoms with Gasteiger partial charge in [-0.05, 0) is 25.1 Å². The zero-order valence-corrected chi connectivity index (χ0v) is 10.2. The minimum absolute atomic E-state index is 0.321. The summed E-state index contributed by atoms with van der Waals surface area (Å²) in [4.78, 5) is 12.0. The van der Waals surface area contributed by atoms with Crippen LogP contribution in [-0.4, -0.2) is 23.2 Å². The van der Waals surface area contributed by atoms with E-state index in [-0.39, 0.29) is 5.91 Å². The summed E-state index contributed by atoms with van der Waals surface area (Å²) in [7, 11) is 1.53. The third-order valence-electron chi connectivity index (χ3n) is 2.45. The number of benzene rings is 1. The molecule has 2 rings (SSSR count). The van der Waals surface area contributed by atoms with Gasteiger partial charge in [0.25, 0.3) is 5.91 Å². The zero-order valence-electron chi connectivity index (χ0n) is 10.2. The topological polar surface area (TPSA) is 93.0 Å². The van der Waals surface area contributed by atoms with Gasteiger partial charge < -0.3 is 15.8 Å². The number of aryl methyl sites for hydroxylation is 1. The lowest BCUT2D eigenvalue weighted by atomic mass is 10.1. The first kappa shape index (κ1) is 12.0. The van der Waals surface area contributed by atoms with Crippen LogP contribution in [0.2, 0.25) is 0 Å². The molecule has 0 unspecified atom stereocenters. The number of carbonyl (C=O) groups is 1. The molecule has 0 spiro atoms. The predicted octanol–water partition coefficient (Wildman–Crippen LogP) is 1.56. The van der Waals surface area contributed by atoms with Crippen molar-refractivity contribution in [2.24, 2.45) is 0 Å². The van der Waals surface area contributed by atoms with E-state index in [1.165, 1.54) is 7.11 Å². The second-order valence-electron chi connectivity index (χ2n) is 3.84. The lowest BCUT2D eigenvalue weighted by Crippen LogP contribution is -2.14. The lowest BCUT2D eigenvalue weighted by molar-refractivity contribution is 0.102. The lowest BCUT2D eigenvalue weighted by Gasteiger charge is -2.07. The van der Waals surface area contributed by atoms with Crippen LogP contribution in [0.4, 0.5) is 11.5 Å². The number of nitrogens with two attached hydrogens (primary N) is 1. The second kappa shape index (κ2) is 4.79. The van der Waals surface area contributed by atoms with Crippen LogP contribution >= 0.6 is 0 Å². The average molecular weight is 246 g/mol. The van der Waals surface area contributed by atoms with Gasteiger partial charge in [0.1, 0.15) is 5.75 Å². The summed E-state index contributed by atoms with van der Waals surface area (Å²) in [6.45, 7) is 1.85. The number of hydrogen-bond acceptors (Lipinski definition) is 4. The Labute approximate surface area is 104 Å². The molecular formula is C12H14N4O2. The standard InChI is InChI=1S/C12H14N4O2/c1-7-5-11(16-15-7)14-12(17)9-6-8(18-2)3-4-10(9)13/h3-6H,13H2,1-2H3,(H2,14,15,16,17). The largest absolute Gasteiger partial charge is 0.497 e. The summed E-state index contributed by atoms with van der Waals surface area (Å²) < 4.78 is 5.06. The van der Waals surface area contributed by atoms with Gasteiger partial charge in [0, 0.05) is 17.4 Å². The highest BCUT2D eigenvalue weighted by atomic mass is 16.5. The fraction of sp³-hybridized carbons (Fsp3) is 0.167. The van der Waals surface area contributed by atoms with Crippen LogP contribution in [0.1, 0.15) is 16.1 Å². The number of nitrogen functional groups attached to an aromatic ring is 1. The summed E-state index contributed by atoms with van der Waals surface area (Å²) in [6.07, 6.45) is 0. The van der Waals surface area contributed by atoms with Crippen LogP contribution in [0.5, 0.6) is 5.75 Å². The molecule has 2 aromatic rings. The Morgan fingerprint density at radius 3 is 2.83 bits per heavy atom. The molecule has 1 aromatic heterocycles. The molecular weight excluding hydrogens is 232 g/mol. The zero-order chi connectivity index (χ0) is 13.1. The highest BCUT2D eigenvalue weighted by molar-refractivity contribution is 6.07. The number of rotatable bonds is 3. The van der Waals surface area contributed by atoms with Crippen molar-refractivity contribution >= 4 is 17.4 Å². The number of anilines is 2. The number of hydrogen-bond donors (Lipinski definition) is 3. The molecule has 1 heterocycles. The quantitative estimate of drug-likeness (QED) is 0.716. The van der Waals surface area contributed by atoms with E-state index in [4.69, 9.17) is 10.5 Å². The van der Waals surface area contributed by atoms with Crippen LogP contribution in [0.3, 0.4) is 0 Å². The van der Waals surface area contributed by atoms with E-state index in [0.717, 1.165) is 5.69 Å². The maximum absolute atomic E-state index is 12.0. The number of nitrogens with one attached hydrogen (secondary N) is 2. The molecule has 0 aliphatic heterocycles. The van der Waals surface area contributed by atoms with Gasteiger partial charge in [-0.25, -0.2) is 0 Å². The molecule has 4 N–H and O–H groups in total. The van der Waals surface area contributed by atoms with E-state index in [1.807, 2.05) is 6.92 Å². The Morgan fingerprint density at radius 2 is 2.22 bits per heavy atom. The Hall–Kier alpha value is -2.50. The molecule has 6 heteroatoms. The number of aromatic nitrogens is 2. The normalized spacial score (nSPS) is 10.1. The van der Waals surface area contributed by atoms with Crippen molar-refractivity contribution in [1.29, 1.82) is 0 Å². The molecule has 0 fully saturated rings. The Balaban J connectivity index is 2.23. The van der Waals surface area contributed by atoms with Crippen molar-refractivity contribution in [3.05, 3.63) is 35.5 Å². The minimum Gasteiger partial charge on any atom is -0.497 e. The van der Waals surface area contributed by atoms with E-state index in [0.29, 0.717) is 22.8 Å². The molecule has 1 amide bonds. The minimum atomic E-state index is -0.321. The summed E-state index contributed by atoms with van der Waals surface area (Å²) in [5, 5.41) is 9.32. The monoisotopic (exact) mass is 246 g/mol. The molecule has 18 heavy (non-hydrogen) atoms. The van der Waals surface area contributed by atoms with Crippen molar-refractivity contribution in [1.82, 2.24) is 10.2 Å². The molecule has 6 nitrogen and oxygen atoms in total. The van der Waals surface area contributed by atoms with Crippen LogP contribution in [0.25, 0.3) is 0 Å². The number of ether oxygens (including phenoxy) is 1. The number of aromatic amines is 1. The van der Waals surface area contributed by atoms with Gasteiger partial charge in [-0.3, -0.25) is 9.89 Å². The van der Waals surface area contributed by atoms with Gasteiger partial charge in [-0.1, -0.05) is 0 Å². The van der Waals surface area contributed by atoms with E-state index in [2.05, 4.69) is 15.5 Å². The van der Waals surface area contributed by atoms with Crippen LogP contribution in [-0.2, 0) is 0 Å². The van der Waals surface area contributed by atoms with Crippen molar-refractivity contribution < 1.29 is 9.53 Å². The van der Waals surface area contributed by atoms with Crippen molar-refractivity contribution in [2.75, 3.05) is 18.2 Å². The second-order valence-corrected chi connectivity index (χ2v) is 3.84. The smallest absolute Gasteiger partial charge is 0.259 e. The predicted molar refractivity (Wildman–Crippen MR) is 68.7 cm³/mol. The molecule has 1 aromatic carbocycles. The molecule has 0 saturated heterocycles.